The van der Waals surface area contributed by atoms with E-state index in [2.05, 4.69) is 26.8 Å². The minimum absolute atomic E-state index is 0.0160. The molecule has 2 N–H and O–H groups in total. The van der Waals surface area contributed by atoms with Crippen LogP contribution in [0.2, 0.25) is 0 Å². The molecule has 0 aromatic carbocycles. The van der Waals surface area contributed by atoms with Crippen molar-refractivity contribution in [1.82, 2.24) is 14.6 Å². The van der Waals surface area contributed by atoms with Gasteiger partial charge in [0, 0.05) is 25.8 Å². The van der Waals surface area contributed by atoms with Gasteiger partial charge in [0.1, 0.15) is 10.7 Å². The van der Waals surface area contributed by atoms with Gasteiger partial charge < -0.3 is 10.2 Å². The summed E-state index contributed by atoms with van der Waals surface area (Å²) in [7, 11) is -1.74. The van der Waals surface area contributed by atoms with Gasteiger partial charge in [0.2, 0.25) is 10.0 Å². The van der Waals surface area contributed by atoms with Gasteiger partial charge in [-0.3, -0.25) is 0 Å². The molecule has 2 rings (SSSR count). The van der Waals surface area contributed by atoms with Crippen molar-refractivity contribution in [2.45, 2.75) is 30.7 Å². The summed E-state index contributed by atoms with van der Waals surface area (Å²) in [5.74, 6) is 0.652. The van der Waals surface area contributed by atoms with E-state index in [9.17, 15) is 8.42 Å². The van der Waals surface area contributed by atoms with Crippen LogP contribution in [0, 0.1) is 0 Å². The second-order valence-electron chi connectivity index (χ2n) is 4.98. The van der Waals surface area contributed by atoms with Crippen LogP contribution in [0.3, 0.4) is 0 Å². The number of pyridine rings is 1. The topological polar surface area (TPSA) is 74.3 Å². The van der Waals surface area contributed by atoms with Gasteiger partial charge >= 0.3 is 0 Å². The largest absolute Gasteiger partial charge is 0.373 e. The Kier molecular flexibility index (Phi) is 4.95. The lowest BCUT2D eigenvalue weighted by atomic mass is 10.1. The maximum absolute atomic E-state index is 12.3. The van der Waals surface area contributed by atoms with E-state index < -0.39 is 10.0 Å². The molecule has 112 valence electrons. The summed E-state index contributed by atoms with van der Waals surface area (Å²) in [6.07, 6.45) is 3.30. The van der Waals surface area contributed by atoms with Crippen molar-refractivity contribution >= 4 is 15.8 Å². The molecule has 0 saturated carbocycles. The number of nitrogens with one attached hydrogen (secondary N) is 2. The van der Waals surface area contributed by atoms with E-state index in [1.54, 1.807) is 19.2 Å². The van der Waals surface area contributed by atoms with Gasteiger partial charge in [-0.05, 0) is 38.1 Å². The Balaban J connectivity index is 2.06. The molecule has 1 aliphatic rings. The number of aromatic nitrogens is 1. The van der Waals surface area contributed by atoms with Crippen LogP contribution in [-0.4, -0.2) is 51.0 Å². The van der Waals surface area contributed by atoms with Gasteiger partial charge in [0.05, 0.1) is 0 Å². The van der Waals surface area contributed by atoms with E-state index in [1.807, 2.05) is 0 Å². The highest BCUT2D eigenvalue weighted by molar-refractivity contribution is 7.89. The zero-order valence-electron chi connectivity index (χ0n) is 12.0. The molecule has 0 amide bonds. The maximum atomic E-state index is 12.3. The van der Waals surface area contributed by atoms with Gasteiger partial charge in [0.15, 0.2) is 0 Å². The highest BCUT2D eigenvalue weighted by Gasteiger charge is 2.24. The summed E-state index contributed by atoms with van der Waals surface area (Å²) in [5.41, 5.74) is 0. The van der Waals surface area contributed by atoms with Crippen molar-refractivity contribution in [3.8, 4) is 0 Å². The lowest BCUT2D eigenvalue weighted by Crippen LogP contribution is -2.47. The van der Waals surface area contributed by atoms with E-state index >= 15 is 0 Å². The molecule has 1 saturated heterocycles. The summed E-state index contributed by atoms with van der Waals surface area (Å²) in [6, 6.07) is 3.22. The van der Waals surface area contributed by atoms with Crippen LogP contribution >= 0.6 is 0 Å². The molecule has 0 aliphatic carbocycles. The van der Waals surface area contributed by atoms with Gasteiger partial charge in [-0.25, -0.2) is 18.1 Å². The Morgan fingerprint density at radius 1 is 1.45 bits per heavy atom. The number of likely N-dealkylation sites (N-methyl/N-ethyl adjacent to an activating group) is 1. The van der Waals surface area contributed by atoms with E-state index in [1.165, 1.54) is 6.20 Å². The SMILES string of the molecule is CCN1CCCC(NS(=O)(=O)c2ccc(NC)nc2)C1. The lowest BCUT2D eigenvalue weighted by Gasteiger charge is -2.32. The first-order valence-corrected chi connectivity index (χ1v) is 8.42. The van der Waals surface area contributed by atoms with Crippen molar-refractivity contribution in [2.75, 3.05) is 32.0 Å². The highest BCUT2D eigenvalue weighted by atomic mass is 32.2. The van der Waals surface area contributed by atoms with Crippen LogP contribution in [0.5, 0.6) is 0 Å². The van der Waals surface area contributed by atoms with Gasteiger partial charge in [-0.1, -0.05) is 6.92 Å². The van der Waals surface area contributed by atoms with Gasteiger partial charge in [-0.2, -0.15) is 0 Å². The van der Waals surface area contributed by atoms with E-state index in [4.69, 9.17) is 0 Å². The fourth-order valence-corrected chi connectivity index (χ4v) is 3.62. The smallest absolute Gasteiger partial charge is 0.242 e. The first-order valence-electron chi connectivity index (χ1n) is 6.93. The minimum atomic E-state index is -3.48. The Labute approximate surface area is 120 Å². The molecular formula is C13H22N4O2S. The zero-order valence-corrected chi connectivity index (χ0v) is 12.8. The molecular weight excluding hydrogens is 276 g/mol. The first kappa shape index (κ1) is 15.2. The van der Waals surface area contributed by atoms with E-state index in [0.29, 0.717) is 5.82 Å². The molecule has 1 unspecified atom stereocenters. The molecule has 1 fully saturated rings. The van der Waals surface area contributed by atoms with Crippen LogP contribution in [0.25, 0.3) is 0 Å². The van der Waals surface area contributed by atoms with Crippen LogP contribution in [0.15, 0.2) is 23.2 Å². The third kappa shape index (κ3) is 3.68. The summed E-state index contributed by atoms with van der Waals surface area (Å²) in [4.78, 5) is 6.52. The normalized spacial score (nSPS) is 20.8. The number of sulfonamides is 1. The summed E-state index contributed by atoms with van der Waals surface area (Å²) in [6.45, 7) is 4.87. The third-order valence-electron chi connectivity index (χ3n) is 3.58. The van der Waals surface area contributed by atoms with Crippen LogP contribution in [0.4, 0.5) is 5.82 Å². The predicted octanol–water partition coefficient (Wildman–Crippen LogP) is 0.886. The van der Waals surface area contributed by atoms with Crippen LogP contribution < -0.4 is 10.0 Å². The van der Waals surface area contributed by atoms with Crippen molar-refractivity contribution in [2.24, 2.45) is 0 Å². The molecule has 2 heterocycles. The van der Waals surface area contributed by atoms with Crippen LogP contribution in [0.1, 0.15) is 19.8 Å². The second-order valence-corrected chi connectivity index (χ2v) is 6.70. The predicted molar refractivity (Wildman–Crippen MR) is 79.2 cm³/mol. The molecule has 0 radical (unpaired) electrons. The van der Waals surface area contributed by atoms with Crippen molar-refractivity contribution in [3.05, 3.63) is 18.3 Å². The van der Waals surface area contributed by atoms with Crippen molar-refractivity contribution < 1.29 is 8.42 Å². The summed E-state index contributed by atoms with van der Waals surface area (Å²) < 4.78 is 27.4. The fraction of sp³-hybridized carbons (Fsp3) is 0.615. The second kappa shape index (κ2) is 6.51. The average molecular weight is 298 g/mol. The Hall–Kier alpha value is -1.18. The number of likely N-dealkylation sites (tertiary alicyclic amines) is 1. The van der Waals surface area contributed by atoms with Crippen molar-refractivity contribution in [3.63, 3.8) is 0 Å². The number of hydrogen-bond donors (Lipinski definition) is 2. The number of nitrogens with zero attached hydrogens (tertiary/aromatic N) is 2. The molecule has 7 heteroatoms. The Morgan fingerprint density at radius 3 is 2.85 bits per heavy atom. The standard InChI is InChI=1S/C13H22N4O2S/c1-3-17-8-4-5-11(10-17)16-20(18,19)12-6-7-13(14-2)15-9-12/h6-7,9,11,16H,3-5,8,10H2,1-2H3,(H,14,15). The van der Waals surface area contributed by atoms with Gasteiger partial charge in [-0.15, -0.1) is 0 Å². The Morgan fingerprint density at radius 2 is 2.25 bits per heavy atom. The first-order chi connectivity index (χ1) is 9.55. The molecule has 1 atom stereocenters. The molecule has 1 aromatic heterocycles. The van der Waals surface area contributed by atoms with Crippen molar-refractivity contribution in [1.29, 1.82) is 0 Å². The molecule has 6 nitrogen and oxygen atoms in total. The van der Waals surface area contributed by atoms with Gasteiger partial charge in [0.25, 0.3) is 0 Å². The third-order valence-corrected chi connectivity index (χ3v) is 5.08. The van der Waals surface area contributed by atoms with E-state index in [0.717, 1.165) is 32.5 Å². The molecule has 1 aromatic rings. The quantitative estimate of drug-likeness (QED) is 0.844. The monoisotopic (exact) mass is 298 g/mol. The molecule has 0 spiro atoms. The summed E-state index contributed by atoms with van der Waals surface area (Å²) in [5, 5.41) is 2.87. The molecule has 20 heavy (non-hydrogen) atoms. The number of rotatable bonds is 5. The van der Waals surface area contributed by atoms with E-state index in [-0.39, 0.29) is 10.9 Å². The average Bonchev–Trinajstić information content (AvgIpc) is 2.47. The number of piperidine rings is 1. The number of anilines is 1. The lowest BCUT2D eigenvalue weighted by molar-refractivity contribution is 0.211. The molecule has 0 bridgehead atoms. The number of hydrogen-bond acceptors (Lipinski definition) is 5. The minimum Gasteiger partial charge on any atom is -0.373 e. The maximum Gasteiger partial charge on any atom is 0.242 e. The fourth-order valence-electron chi connectivity index (χ4n) is 2.41. The van der Waals surface area contributed by atoms with Crippen LogP contribution in [-0.2, 0) is 10.0 Å². The zero-order chi connectivity index (χ0) is 14.6. The summed E-state index contributed by atoms with van der Waals surface area (Å²) >= 11 is 0. The Bertz CT molecular complexity index is 530. The molecule has 1 aliphatic heterocycles. The highest BCUT2D eigenvalue weighted by Crippen LogP contribution is 2.15.